The highest BCUT2D eigenvalue weighted by molar-refractivity contribution is 7.21. The number of methoxy groups -OCH3 is 1. The highest BCUT2D eigenvalue weighted by Gasteiger charge is 2.18. The van der Waals surface area contributed by atoms with Gasteiger partial charge in [-0.3, -0.25) is 0 Å². The summed E-state index contributed by atoms with van der Waals surface area (Å²) in [6.07, 6.45) is 0. The lowest BCUT2D eigenvalue weighted by molar-refractivity contribution is 0.0699. The Bertz CT molecular complexity index is 533. The lowest BCUT2D eigenvalue weighted by Crippen LogP contribution is -1.95. The van der Waals surface area contributed by atoms with Gasteiger partial charge >= 0.3 is 5.97 Å². The number of halogens is 1. The molecule has 1 aromatic heterocycles. The van der Waals surface area contributed by atoms with Gasteiger partial charge < -0.3 is 9.84 Å². The molecule has 0 spiro atoms. The van der Waals surface area contributed by atoms with Gasteiger partial charge in [-0.25, -0.2) is 4.79 Å². The van der Waals surface area contributed by atoms with Gasteiger partial charge in [0.1, 0.15) is 0 Å². The van der Waals surface area contributed by atoms with Crippen molar-refractivity contribution in [3.63, 3.8) is 0 Å². The summed E-state index contributed by atoms with van der Waals surface area (Å²) in [7, 11) is 1.46. The molecule has 3 nitrogen and oxygen atoms in total. The molecule has 0 aliphatic rings. The van der Waals surface area contributed by atoms with E-state index in [1.807, 2.05) is 0 Å². The van der Waals surface area contributed by atoms with Crippen LogP contribution in [0.25, 0.3) is 10.1 Å². The Balaban J connectivity index is 2.78. The lowest BCUT2D eigenvalue weighted by atomic mass is 10.2. The number of fused-ring (bicyclic) bond motifs is 1. The maximum atomic E-state index is 10.9. The molecular weight excluding hydrogens is 236 g/mol. The van der Waals surface area contributed by atoms with Crippen LogP contribution in [0.5, 0.6) is 5.75 Å². The summed E-state index contributed by atoms with van der Waals surface area (Å²) in [4.78, 5) is 11.1. The van der Waals surface area contributed by atoms with E-state index < -0.39 is 5.97 Å². The molecule has 2 rings (SSSR count). The largest absolute Gasteiger partial charge is 0.494 e. The van der Waals surface area contributed by atoms with Crippen molar-refractivity contribution < 1.29 is 14.6 Å². The molecule has 0 unspecified atom stereocenters. The van der Waals surface area contributed by atoms with Crippen LogP contribution in [0.3, 0.4) is 0 Å². The van der Waals surface area contributed by atoms with Crippen molar-refractivity contribution in [3.8, 4) is 5.75 Å². The zero-order valence-electron chi connectivity index (χ0n) is 7.78. The van der Waals surface area contributed by atoms with E-state index in [4.69, 9.17) is 21.4 Å². The third-order valence-electron chi connectivity index (χ3n) is 2.00. The van der Waals surface area contributed by atoms with Gasteiger partial charge in [0.2, 0.25) is 0 Å². The molecule has 0 aliphatic carbocycles. The van der Waals surface area contributed by atoms with E-state index in [9.17, 15) is 4.79 Å². The highest BCUT2D eigenvalue weighted by atomic mass is 35.5. The second kappa shape index (κ2) is 3.72. The third kappa shape index (κ3) is 1.66. The van der Waals surface area contributed by atoms with E-state index >= 15 is 0 Å². The number of benzene rings is 1. The van der Waals surface area contributed by atoms with Crippen molar-refractivity contribution >= 4 is 39.0 Å². The molecule has 0 radical (unpaired) electrons. The SMILES string of the molecule is COc1c(C(=O)O)sc2cc(Cl)ccc12. The van der Waals surface area contributed by atoms with Crippen molar-refractivity contribution in [2.45, 2.75) is 0 Å². The summed E-state index contributed by atoms with van der Waals surface area (Å²) in [5.74, 6) is -0.580. The first-order valence-corrected chi connectivity index (χ1v) is 5.32. The normalized spacial score (nSPS) is 10.5. The lowest BCUT2D eigenvalue weighted by Gasteiger charge is -1.98. The molecule has 2 aromatic rings. The van der Waals surface area contributed by atoms with Crippen LogP contribution in [0.4, 0.5) is 0 Å². The summed E-state index contributed by atoms with van der Waals surface area (Å²) in [6.45, 7) is 0. The van der Waals surface area contributed by atoms with E-state index in [-0.39, 0.29) is 4.88 Å². The number of hydrogen-bond donors (Lipinski definition) is 1. The van der Waals surface area contributed by atoms with Crippen LogP contribution in [-0.2, 0) is 0 Å². The highest BCUT2D eigenvalue weighted by Crippen LogP contribution is 2.38. The van der Waals surface area contributed by atoms with Gasteiger partial charge in [-0.2, -0.15) is 0 Å². The first-order valence-electron chi connectivity index (χ1n) is 4.13. The molecule has 0 fully saturated rings. The van der Waals surface area contributed by atoms with Crippen molar-refractivity contribution in [1.29, 1.82) is 0 Å². The van der Waals surface area contributed by atoms with Crippen LogP contribution in [0.2, 0.25) is 5.02 Å². The number of carboxylic acids is 1. The van der Waals surface area contributed by atoms with Gasteiger partial charge in [-0.05, 0) is 18.2 Å². The fourth-order valence-electron chi connectivity index (χ4n) is 1.39. The smallest absolute Gasteiger partial charge is 0.349 e. The number of ether oxygens (including phenoxy) is 1. The van der Waals surface area contributed by atoms with Crippen LogP contribution in [0.1, 0.15) is 9.67 Å². The first kappa shape index (κ1) is 10.3. The molecule has 0 amide bonds. The average Bonchev–Trinajstić information content (AvgIpc) is 2.55. The van der Waals surface area contributed by atoms with E-state index in [1.165, 1.54) is 7.11 Å². The maximum absolute atomic E-state index is 10.9. The minimum absolute atomic E-state index is 0.203. The van der Waals surface area contributed by atoms with E-state index in [2.05, 4.69) is 0 Å². The standard InChI is InChI=1S/C10H7ClO3S/c1-14-8-6-3-2-5(11)4-7(6)15-9(8)10(12)13/h2-4H,1H3,(H,12,13). The molecule has 1 aromatic carbocycles. The number of rotatable bonds is 2. The van der Waals surface area contributed by atoms with E-state index in [0.29, 0.717) is 10.8 Å². The van der Waals surface area contributed by atoms with Crippen LogP contribution in [0.15, 0.2) is 18.2 Å². The van der Waals surface area contributed by atoms with Crippen molar-refractivity contribution in [1.82, 2.24) is 0 Å². The van der Waals surface area contributed by atoms with E-state index in [1.54, 1.807) is 18.2 Å². The third-order valence-corrected chi connectivity index (χ3v) is 3.36. The minimum Gasteiger partial charge on any atom is -0.494 e. The summed E-state index contributed by atoms with van der Waals surface area (Å²) in [6, 6.07) is 5.21. The number of carbonyl (C=O) groups is 1. The fourth-order valence-corrected chi connectivity index (χ4v) is 2.68. The molecule has 5 heteroatoms. The molecule has 0 bridgehead atoms. The van der Waals surface area contributed by atoms with Crippen molar-refractivity contribution in [3.05, 3.63) is 28.1 Å². The van der Waals surface area contributed by atoms with E-state index in [0.717, 1.165) is 21.4 Å². The number of thiophene rings is 1. The Morgan fingerprint density at radius 2 is 2.27 bits per heavy atom. The fraction of sp³-hybridized carbons (Fsp3) is 0.100. The predicted molar refractivity (Wildman–Crippen MR) is 60.3 cm³/mol. The predicted octanol–water partition coefficient (Wildman–Crippen LogP) is 3.26. The van der Waals surface area contributed by atoms with Gasteiger partial charge in [0.25, 0.3) is 0 Å². The molecule has 78 valence electrons. The maximum Gasteiger partial charge on any atom is 0.349 e. The van der Waals surface area contributed by atoms with Crippen LogP contribution >= 0.6 is 22.9 Å². The number of aromatic carboxylic acids is 1. The zero-order valence-corrected chi connectivity index (χ0v) is 9.35. The Labute approximate surface area is 94.9 Å². The molecule has 0 aliphatic heterocycles. The Hall–Kier alpha value is -1.26. The molecule has 1 N–H and O–H groups in total. The van der Waals surface area contributed by atoms with Gasteiger partial charge in [0.15, 0.2) is 10.6 Å². The van der Waals surface area contributed by atoms with Crippen molar-refractivity contribution in [2.24, 2.45) is 0 Å². The Kier molecular flexibility index (Phi) is 2.54. The van der Waals surface area contributed by atoms with Crippen LogP contribution in [0, 0.1) is 0 Å². The molecule has 15 heavy (non-hydrogen) atoms. The molecule has 0 saturated heterocycles. The Morgan fingerprint density at radius 1 is 1.53 bits per heavy atom. The summed E-state index contributed by atoms with van der Waals surface area (Å²) in [5, 5.41) is 10.3. The molecular formula is C10H7ClO3S. The topological polar surface area (TPSA) is 46.5 Å². The molecule has 0 atom stereocenters. The zero-order chi connectivity index (χ0) is 11.0. The summed E-state index contributed by atoms with van der Waals surface area (Å²) in [5.41, 5.74) is 0. The first-order chi connectivity index (χ1) is 7.13. The molecule has 1 heterocycles. The second-order valence-corrected chi connectivity index (χ2v) is 4.40. The van der Waals surface area contributed by atoms with Gasteiger partial charge in [-0.15, -0.1) is 11.3 Å². The number of carboxylic acid groups (broad SMARTS) is 1. The Morgan fingerprint density at radius 3 is 2.87 bits per heavy atom. The van der Waals surface area contributed by atoms with Crippen LogP contribution in [-0.4, -0.2) is 18.2 Å². The molecule has 0 saturated carbocycles. The summed E-state index contributed by atoms with van der Waals surface area (Å²) < 4.78 is 5.90. The van der Waals surface area contributed by atoms with Gasteiger partial charge in [-0.1, -0.05) is 11.6 Å². The van der Waals surface area contributed by atoms with Gasteiger partial charge in [0, 0.05) is 15.1 Å². The van der Waals surface area contributed by atoms with Crippen LogP contribution < -0.4 is 4.74 Å². The average molecular weight is 243 g/mol. The summed E-state index contributed by atoms with van der Waals surface area (Å²) >= 11 is 6.98. The second-order valence-electron chi connectivity index (χ2n) is 2.91. The number of hydrogen-bond acceptors (Lipinski definition) is 3. The minimum atomic E-state index is -0.982. The quantitative estimate of drug-likeness (QED) is 0.879. The monoisotopic (exact) mass is 242 g/mol. The van der Waals surface area contributed by atoms with Crippen molar-refractivity contribution in [2.75, 3.05) is 7.11 Å². The van der Waals surface area contributed by atoms with Gasteiger partial charge in [0.05, 0.1) is 7.11 Å².